The smallest absolute Gasteiger partial charge is 0.222 e. The molecule has 0 unspecified atom stereocenters. The summed E-state index contributed by atoms with van der Waals surface area (Å²) in [5.74, 6) is 1.21. The molecule has 0 aliphatic carbocycles. The van der Waals surface area contributed by atoms with E-state index in [0.29, 0.717) is 38.4 Å². The lowest BCUT2D eigenvalue weighted by Crippen LogP contribution is -2.38. The lowest BCUT2D eigenvalue weighted by atomic mass is 9.94. The van der Waals surface area contributed by atoms with Crippen molar-refractivity contribution < 1.29 is 9.59 Å². The number of rotatable bonds is 6. The molecule has 21 heavy (non-hydrogen) atoms. The average molecular weight is 297 g/mol. The van der Waals surface area contributed by atoms with Crippen LogP contribution in [-0.4, -0.2) is 54.3 Å². The Morgan fingerprint density at radius 1 is 1.05 bits per heavy atom. The summed E-state index contributed by atoms with van der Waals surface area (Å²) in [5, 5.41) is 0. The highest BCUT2D eigenvalue weighted by atomic mass is 16.2. The van der Waals surface area contributed by atoms with Crippen molar-refractivity contribution in [1.29, 1.82) is 0 Å². The van der Waals surface area contributed by atoms with Crippen molar-refractivity contribution in [2.45, 2.75) is 46.5 Å². The summed E-state index contributed by atoms with van der Waals surface area (Å²) in [5.41, 5.74) is 5.79. The van der Waals surface area contributed by atoms with Crippen LogP contribution in [0.5, 0.6) is 0 Å². The van der Waals surface area contributed by atoms with Crippen LogP contribution in [0, 0.1) is 11.8 Å². The van der Waals surface area contributed by atoms with Gasteiger partial charge in [-0.2, -0.15) is 0 Å². The third kappa shape index (κ3) is 6.04. The highest BCUT2D eigenvalue weighted by Gasteiger charge is 2.23. The zero-order chi connectivity index (χ0) is 15.8. The van der Waals surface area contributed by atoms with E-state index in [-0.39, 0.29) is 17.7 Å². The number of carbonyl (C=O) groups excluding carboxylic acids is 2. The maximum absolute atomic E-state index is 12.4. The molecule has 2 N–H and O–H groups in total. The molecule has 1 fully saturated rings. The second kappa shape index (κ2) is 9.03. The third-order valence-electron chi connectivity index (χ3n) is 4.11. The molecular formula is C16H31N3O2. The summed E-state index contributed by atoms with van der Waals surface area (Å²) >= 11 is 0. The molecule has 1 heterocycles. The number of nitrogens with zero attached hydrogens (tertiary/aromatic N) is 2. The quantitative estimate of drug-likeness (QED) is 0.807. The zero-order valence-corrected chi connectivity index (χ0v) is 13.8. The lowest BCUT2D eigenvalue weighted by molar-refractivity contribution is -0.134. The van der Waals surface area contributed by atoms with E-state index >= 15 is 0 Å². The van der Waals surface area contributed by atoms with Crippen molar-refractivity contribution in [3.05, 3.63) is 0 Å². The minimum Gasteiger partial charge on any atom is -0.341 e. The van der Waals surface area contributed by atoms with E-state index < -0.39 is 0 Å². The molecule has 2 amide bonds. The summed E-state index contributed by atoms with van der Waals surface area (Å²) in [4.78, 5) is 27.9. The third-order valence-corrected chi connectivity index (χ3v) is 4.11. The molecule has 5 nitrogen and oxygen atoms in total. The molecule has 0 bridgehead atoms. The van der Waals surface area contributed by atoms with Crippen molar-refractivity contribution in [3.8, 4) is 0 Å². The summed E-state index contributed by atoms with van der Waals surface area (Å²) in [6, 6.07) is 0. The van der Waals surface area contributed by atoms with Crippen molar-refractivity contribution in [2.75, 3.05) is 32.7 Å². The van der Waals surface area contributed by atoms with Gasteiger partial charge in [0.1, 0.15) is 0 Å². The number of carbonyl (C=O) groups is 2. The highest BCUT2D eigenvalue weighted by Crippen LogP contribution is 2.16. The van der Waals surface area contributed by atoms with Crippen molar-refractivity contribution >= 4 is 11.8 Å². The van der Waals surface area contributed by atoms with E-state index in [1.54, 1.807) is 0 Å². The Hall–Kier alpha value is -1.10. The molecule has 0 aromatic carbocycles. The standard InChI is InChI=1S/C16H31N3O2/c1-4-15(20)18-6-5-7-19(9-8-18)16(21)11-14(12-17)10-13(2)3/h13-14H,4-12,17H2,1-3H3/t14-/m0/s1. The van der Waals surface area contributed by atoms with Gasteiger partial charge in [0.25, 0.3) is 0 Å². The molecular weight excluding hydrogens is 266 g/mol. The highest BCUT2D eigenvalue weighted by molar-refractivity contribution is 5.77. The van der Waals surface area contributed by atoms with Gasteiger partial charge in [0.15, 0.2) is 0 Å². The SMILES string of the molecule is CCC(=O)N1CCCN(C(=O)C[C@@H](CN)CC(C)C)CC1. The molecule has 1 atom stereocenters. The first kappa shape index (κ1) is 18.0. The van der Waals surface area contributed by atoms with E-state index in [1.165, 1.54) is 0 Å². The number of amides is 2. The minimum atomic E-state index is 0.184. The van der Waals surface area contributed by atoms with E-state index in [2.05, 4.69) is 13.8 Å². The Balaban J connectivity index is 2.49. The Morgan fingerprint density at radius 2 is 1.62 bits per heavy atom. The van der Waals surface area contributed by atoms with Crippen LogP contribution in [0.2, 0.25) is 0 Å². The molecule has 1 aliphatic heterocycles. The zero-order valence-electron chi connectivity index (χ0n) is 13.8. The van der Waals surface area contributed by atoms with Crippen LogP contribution >= 0.6 is 0 Å². The molecule has 0 aromatic heterocycles. The topological polar surface area (TPSA) is 66.6 Å². The van der Waals surface area contributed by atoms with Gasteiger partial charge >= 0.3 is 0 Å². The van der Waals surface area contributed by atoms with Crippen LogP contribution in [0.15, 0.2) is 0 Å². The van der Waals surface area contributed by atoms with E-state index in [9.17, 15) is 9.59 Å². The molecule has 0 aromatic rings. The van der Waals surface area contributed by atoms with Gasteiger partial charge in [-0.15, -0.1) is 0 Å². The largest absolute Gasteiger partial charge is 0.341 e. The fourth-order valence-electron chi connectivity index (χ4n) is 2.95. The second-order valence-electron chi connectivity index (χ2n) is 6.40. The van der Waals surface area contributed by atoms with E-state index in [0.717, 1.165) is 25.9 Å². The minimum absolute atomic E-state index is 0.184. The van der Waals surface area contributed by atoms with E-state index in [4.69, 9.17) is 5.73 Å². The van der Waals surface area contributed by atoms with Gasteiger partial charge in [-0.3, -0.25) is 9.59 Å². The molecule has 1 aliphatic rings. The Labute approximate surface area is 128 Å². The van der Waals surface area contributed by atoms with Gasteiger partial charge in [0.2, 0.25) is 11.8 Å². The van der Waals surface area contributed by atoms with Crippen molar-refractivity contribution in [1.82, 2.24) is 9.80 Å². The molecule has 0 spiro atoms. The molecule has 5 heteroatoms. The van der Waals surface area contributed by atoms with Gasteiger partial charge in [-0.1, -0.05) is 20.8 Å². The fourth-order valence-corrected chi connectivity index (χ4v) is 2.95. The maximum Gasteiger partial charge on any atom is 0.222 e. The van der Waals surface area contributed by atoms with Crippen molar-refractivity contribution in [2.24, 2.45) is 17.6 Å². The molecule has 122 valence electrons. The van der Waals surface area contributed by atoms with Crippen LogP contribution in [0.1, 0.15) is 46.5 Å². The first-order valence-corrected chi connectivity index (χ1v) is 8.23. The van der Waals surface area contributed by atoms with E-state index in [1.807, 2.05) is 16.7 Å². The monoisotopic (exact) mass is 297 g/mol. The first-order valence-electron chi connectivity index (χ1n) is 8.23. The second-order valence-corrected chi connectivity index (χ2v) is 6.40. The lowest BCUT2D eigenvalue weighted by Gasteiger charge is -2.24. The molecule has 0 radical (unpaired) electrons. The van der Waals surface area contributed by atoms with Gasteiger partial charge < -0.3 is 15.5 Å². The number of nitrogens with two attached hydrogens (primary N) is 1. The van der Waals surface area contributed by atoms with Crippen LogP contribution in [0.4, 0.5) is 0 Å². The number of hydrogen-bond donors (Lipinski definition) is 1. The van der Waals surface area contributed by atoms with Gasteiger partial charge in [0.05, 0.1) is 0 Å². The Morgan fingerprint density at radius 3 is 2.10 bits per heavy atom. The van der Waals surface area contributed by atoms with Crippen molar-refractivity contribution in [3.63, 3.8) is 0 Å². The summed E-state index contributed by atoms with van der Waals surface area (Å²) in [7, 11) is 0. The maximum atomic E-state index is 12.4. The summed E-state index contributed by atoms with van der Waals surface area (Å²) in [6.07, 6.45) is 2.94. The summed E-state index contributed by atoms with van der Waals surface area (Å²) in [6.45, 7) is 9.61. The predicted octanol–water partition coefficient (Wildman–Crippen LogP) is 1.47. The Bertz CT molecular complexity index is 344. The van der Waals surface area contributed by atoms with Gasteiger partial charge in [-0.25, -0.2) is 0 Å². The van der Waals surface area contributed by atoms with Gasteiger partial charge in [0, 0.05) is 39.0 Å². The Kier molecular flexibility index (Phi) is 7.72. The average Bonchev–Trinajstić information content (AvgIpc) is 2.71. The van der Waals surface area contributed by atoms with Crippen LogP contribution in [0.25, 0.3) is 0 Å². The molecule has 1 rings (SSSR count). The molecule has 1 saturated heterocycles. The number of hydrogen-bond acceptors (Lipinski definition) is 3. The first-order chi connectivity index (χ1) is 9.97. The summed E-state index contributed by atoms with van der Waals surface area (Å²) < 4.78 is 0. The molecule has 0 saturated carbocycles. The van der Waals surface area contributed by atoms with Gasteiger partial charge in [-0.05, 0) is 31.2 Å². The van der Waals surface area contributed by atoms with Crippen LogP contribution in [-0.2, 0) is 9.59 Å². The van der Waals surface area contributed by atoms with Crippen LogP contribution < -0.4 is 5.73 Å². The predicted molar refractivity (Wildman–Crippen MR) is 84.7 cm³/mol. The normalized spacial score (nSPS) is 17.8. The van der Waals surface area contributed by atoms with Crippen LogP contribution in [0.3, 0.4) is 0 Å². The fraction of sp³-hybridized carbons (Fsp3) is 0.875.